The van der Waals surface area contributed by atoms with E-state index >= 15 is 0 Å². The Bertz CT molecular complexity index is 1570. The number of nitrogens with one attached hydrogen (secondary N) is 5. The molecule has 13 nitrogen and oxygen atoms in total. The molecule has 0 spiro atoms. The highest BCUT2D eigenvalue weighted by Crippen LogP contribution is 2.38. The molecule has 1 saturated carbocycles. The number of benzene rings is 2. The molecule has 1 aliphatic carbocycles. The Kier molecular flexibility index (Phi) is 23.5. The van der Waals surface area contributed by atoms with Crippen molar-refractivity contribution in [1.29, 1.82) is 0 Å². The van der Waals surface area contributed by atoms with Gasteiger partial charge in [-0.05, 0) is 54.6 Å². The summed E-state index contributed by atoms with van der Waals surface area (Å²) >= 11 is 0. The van der Waals surface area contributed by atoms with Crippen molar-refractivity contribution in [3.05, 3.63) is 90.5 Å². The predicted octanol–water partition coefficient (Wildman–Crippen LogP) is 4.37. The summed E-state index contributed by atoms with van der Waals surface area (Å²) in [5, 5.41) is 14.1. The van der Waals surface area contributed by atoms with E-state index in [1.807, 2.05) is 75.4 Å². The van der Waals surface area contributed by atoms with Gasteiger partial charge >= 0.3 is 0 Å². The van der Waals surface area contributed by atoms with Crippen molar-refractivity contribution < 1.29 is 38.2 Å². The minimum absolute atomic E-state index is 0.0350. The van der Waals surface area contributed by atoms with E-state index in [2.05, 4.69) is 57.4 Å². The van der Waals surface area contributed by atoms with Crippen molar-refractivity contribution in [2.45, 2.75) is 83.8 Å². The number of amides is 5. The van der Waals surface area contributed by atoms with E-state index in [9.17, 15) is 24.0 Å². The van der Waals surface area contributed by atoms with Crippen molar-refractivity contribution >= 4 is 36.1 Å². The second-order valence-corrected chi connectivity index (χ2v) is 15.3. The van der Waals surface area contributed by atoms with Crippen LogP contribution in [0.1, 0.15) is 70.4 Å². The molecule has 4 unspecified atom stereocenters. The number of hydrogen-bond donors (Lipinski definition) is 5. The molecule has 0 aromatic heterocycles. The average molecular weight is 818 g/mol. The largest absolute Gasteiger partial charge is 0.377 e. The molecule has 1 aliphatic rings. The maximum Gasteiger partial charge on any atom is 0.243 e. The van der Waals surface area contributed by atoms with Crippen LogP contribution in [-0.4, -0.2) is 101 Å². The van der Waals surface area contributed by atoms with E-state index in [1.165, 1.54) is 0 Å². The van der Waals surface area contributed by atoms with E-state index in [1.54, 1.807) is 0 Å². The monoisotopic (exact) mass is 817 g/mol. The van der Waals surface area contributed by atoms with Crippen LogP contribution in [0.15, 0.2) is 79.4 Å². The maximum absolute atomic E-state index is 13.6. The van der Waals surface area contributed by atoms with Crippen LogP contribution in [0.5, 0.6) is 0 Å². The Hall–Kier alpha value is -4.85. The average Bonchev–Trinajstić information content (AvgIpc) is 3.66. The summed E-state index contributed by atoms with van der Waals surface area (Å²) in [4.78, 5) is 64.1. The fourth-order valence-corrected chi connectivity index (χ4v) is 7.02. The zero-order valence-corrected chi connectivity index (χ0v) is 35.2. The van der Waals surface area contributed by atoms with Crippen LogP contribution < -0.4 is 26.6 Å². The Morgan fingerprint density at radius 2 is 1.36 bits per heavy atom. The molecule has 13 heteroatoms. The number of rotatable bonds is 30. The van der Waals surface area contributed by atoms with E-state index in [-0.39, 0.29) is 49.1 Å². The van der Waals surface area contributed by atoms with Gasteiger partial charge in [-0.2, -0.15) is 0 Å². The van der Waals surface area contributed by atoms with Gasteiger partial charge in [0, 0.05) is 25.4 Å². The molecule has 0 heterocycles. The van der Waals surface area contributed by atoms with Crippen LogP contribution in [0.25, 0.3) is 6.08 Å². The summed E-state index contributed by atoms with van der Waals surface area (Å²) in [5.41, 5.74) is 2.01. The van der Waals surface area contributed by atoms with Gasteiger partial charge in [0.25, 0.3) is 0 Å². The summed E-state index contributed by atoms with van der Waals surface area (Å²) in [6.45, 7) is 12.5. The van der Waals surface area contributed by atoms with Gasteiger partial charge < -0.3 is 40.8 Å². The molecule has 2 aromatic rings. The molecular formula is C46H67N5O8. The summed E-state index contributed by atoms with van der Waals surface area (Å²) in [6.07, 6.45) is 11.1. The minimum atomic E-state index is -0.899. The number of ether oxygens (including phenoxy) is 3. The summed E-state index contributed by atoms with van der Waals surface area (Å²) in [7, 11) is 0. The summed E-state index contributed by atoms with van der Waals surface area (Å²) in [5.74, 6) is -0.793. The van der Waals surface area contributed by atoms with Crippen molar-refractivity contribution in [2.75, 3.05) is 52.7 Å². The molecule has 59 heavy (non-hydrogen) atoms. The lowest BCUT2D eigenvalue weighted by atomic mass is 9.95. The Morgan fingerprint density at radius 3 is 1.97 bits per heavy atom. The number of hydrogen-bond acceptors (Lipinski definition) is 8. The van der Waals surface area contributed by atoms with E-state index in [4.69, 9.17) is 14.2 Å². The van der Waals surface area contributed by atoms with E-state index in [0.29, 0.717) is 64.7 Å². The number of allylic oxidation sites excluding steroid dienone is 2. The maximum atomic E-state index is 13.6. The van der Waals surface area contributed by atoms with Crippen LogP contribution in [0.2, 0.25) is 0 Å². The third kappa shape index (κ3) is 19.2. The third-order valence-electron chi connectivity index (χ3n) is 10.2. The number of unbranched alkanes of at least 4 members (excludes halogenated alkanes) is 1. The van der Waals surface area contributed by atoms with Gasteiger partial charge in [0.15, 0.2) is 0 Å². The second kappa shape index (κ2) is 28.6. The van der Waals surface area contributed by atoms with Crippen LogP contribution in [0.3, 0.4) is 0 Å². The molecule has 5 N–H and O–H groups in total. The van der Waals surface area contributed by atoms with Gasteiger partial charge in [-0.25, -0.2) is 0 Å². The van der Waals surface area contributed by atoms with Gasteiger partial charge in [0.05, 0.1) is 39.6 Å². The molecule has 324 valence electrons. The van der Waals surface area contributed by atoms with Crippen molar-refractivity contribution in [2.24, 2.45) is 23.7 Å². The van der Waals surface area contributed by atoms with Gasteiger partial charge in [-0.15, -0.1) is 6.58 Å². The molecule has 3 rings (SSSR count). The third-order valence-corrected chi connectivity index (χ3v) is 10.2. The lowest BCUT2D eigenvalue weighted by molar-refractivity contribution is -0.133. The Balaban J connectivity index is 1.32. The van der Waals surface area contributed by atoms with Crippen LogP contribution in [-0.2, 0) is 44.6 Å². The van der Waals surface area contributed by atoms with Gasteiger partial charge in [-0.3, -0.25) is 24.0 Å². The normalized spacial score (nSPS) is 17.8. The van der Waals surface area contributed by atoms with Crippen LogP contribution >= 0.6 is 0 Å². The molecule has 5 amide bonds. The topological polar surface area (TPSA) is 173 Å². The van der Waals surface area contributed by atoms with Gasteiger partial charge in [0.1, 0.15) is 18.1 Å². The molecule has 1 fully saturated rings. The molecule has 0 aliphatic heterocycles. The van der Waals surface area contributed by atoms with E-state index in [0.717, 1.165) is 36.8 Å². The highest BCUT2D eigenvalue weighted by Gasteiger charge is 2.36. The fraction of sp³-hybridized carbons (Fsp3) is 0.543. The number of carbonyl (C=O) groups is 5. The molecule has 0 radical (unpaired) electrons. The predicted molar refractivity (Wildman–Crippen MR) is 230 cm³/mol. The fourth-order valence-electron chi connectivity index (χ4n) is 7.02. The molecular weight excluding hydrogens is 751 g/mol. The highest BCUT2D eigenvalue weighted by atomic mass is 16.5. The highest BCUT2D eigenvalue weighted by molar-refractivity contribution is 5.93. The first-order valence-electron chi connectivity index (χ1n) is 21.1. The summed E-state index contributed by atoms with van der Waals surface area (Å²) in [6, 6.07) is 17.0. The molecule has 2 aromatic carbocycles. The first-order valence-corrected chi connectivity index (χ1v) is 21.1. The first kappa shape index (κ1) is 48.5. The molecule has 0 saturated heterocycles. The zero-order chi connectivity index (χ0) is 42.7. The lowest BCUT2D eigenvalue weighted by Crippen LogP contribution is -2.57. The van der Waals surface area contributed by atoms with Gasteiger partial charge in [-0.1, -0.05) is 113 Å². The SMILES string of the molecule is C=CC1CC(C=Cc2ccccc2)CC1C(=O)NCCOCCOCCOCCNC(=O)[C@H](Cc1ccccc1)NC(=O)C(CC(C)C)NC(=O)[C@H](CCCC)NC=O. The standard InChI is InChI=1S/C46H67N5O8/c1-5-7-18-40(49-33-52)45(55)50-41(29-34(3)4)46(56)51-42(32-36-16-12-9-13-17-36)44(54)48-22-24-58-26-28-59-27-25-57-23-21-47-43(53)39-31-37(30-38(39)6-2)20-19-35-14-10-8-11-15-35/h6,8-17,19-20,33-34,37-42H,2,5,7,18,21-32H2,1,3-4H3,(H,47,53)(H,48,54)(H,49,52)(H,50,55)(H,51,56)/t37?,38?,39?,40-,41?,42-/m0/s1. The zero-order valence-electron chi connectivity index (χ0n) is 35.2. The van der Waals surface area contributed by atoms with Crippen LogP contribution in [0, 0.1) is 23.7 Å². The van der Waals surface area contributed by atoms with Gasteiger partial charge in [0.2, 0.25) is 30.0 Å². The molecule has 0 bridgehead atoms. The van der Waals surface area contributed by atoms with E-state index < -0.39 is 29.9 Å². The van der Waals surface area contributed by atoms with Crippen molar-refractivity contribution in [1.82, 2.24) is 26.6 Å². The minimum Gasteiger partial charge on any atom is -0.377 e. The molecule has 6 atom stereocenters. The van der Waals surface area contributed by atoms with Crippen LogP contribution in [0.4, 0.5) is 0 Å². The first-order chi connectivity index (χ1) is 28.6. The van der Waals surface area contributed by atoms with Crippen molar-refractivity contribution in [3.8, 4) is 0 Å². The number of carbonyl (C=O) groups excluding carboxylic acids is 5. The second-order valence-electron chi connectivity index (χ2n) is 15.3. The summed E-state index contributed by atoms with van der Waals surface area (Å²) < 4.78 is 16.9. The quantitative estimate of drug-likeness (QED) is 0.0440. The smallest absolute Gasteiger partial charge is 0.243 e. The Labute approximate surface area is 350 Å². The lowest BCUT2D eigenvalue weighted by Gasteiger charge is -2.26. The Morgan fingerprint density at radius 1 is 0.763 bits per heavy atom. The van der Waals surface area contributed by atoms with Crippen molar-refractivity contribution in [3.63, 3.8) is 0 Å².